The molecule has 3 heteroatoms. The number of anilines is 1. The maximum Gasteiger partial charge on any atom is 0.0750 e. The first kappa shape index (κ1) is 16.3. The van der Waals surface area contributed by atoms with Gasteiger partial charge in [-0.2, -0.15) is 0 Å². The standard InChI is InChI=1S/C18H30N2O/c1-4-16(19)12-15-8-9-17(11-14(15)3)20(5-2)13-18-7-6-10-21-18/h8-9,11,16,18H,4-7,10,12-13,19H2,1-3H3. The Bertz CT molecular complexity index is 441. The molecule has 2 N–H and O–H groups in total. The van der Waals surface area contributed by atoms with Gasteiger partial charge in [0, 0.05) is 31.4 Å². The number of ether oxygens (including phenoxy) is 1. The van der Waals surface area contributed by atoms with Crippen LogP contribution in [-0.4, -0.2) is 31.8 Å². The molecule has 1 fully saturated rings. The van der Waals surface area contributed by atoms with E-state index in [0.29, 0.717) is 6.10 Å². The fraction of sp³-hybridized carbons (Fsp3) is 0.667. The van der Waals surface area contributed by atoms with Gasteiger partial charge in [0.15, 0.2) is 0 Å². The predicted molar refractivity (Wildman–Crippen MR) is 90.0 cm³/mol. The second kappa shape index (κ2) is 7.81. The normalized spacial score (nSPS) is 19.7. The van der Waals surface area contributed by atoms with Crippen LogP contribution in [0.1, 0.15) is 44.2 Å². The molecule has 118 valence electrons. The van der Waals surface area contributed by atoms with E-state index in [4.69, 9.17) is 10.5 Å². The molecule has 2 rings (SSSR count). The van der Waals surface area contributed by atoms with Crippen LogP contribution in [0, 0.1) is 6.92 Å². The molecule has 0 spiro atoms. The van der Waals surface area contributed by atoms with Crippen LogP contribution in [0.4, 0.5) is 5.69 Å². The summed E-state index contributed by atoms with van der Waals surface area (Å²) in [6, 6.07) is 7.06. The van der Waals surface area contributed by atoms with Gasteiger partial charge < -0.3 is 15.4 Å². The average Bonchev–Trinajstić information content (AvgIpc) is 2.99. The van der Waals surface area contributed by atoms with E-state index in [-0.39, 0.29) is 6.04 Å². The number of likely N-dealkylation sites (N-methyl/N-ethyl adjacent to an activating group) is 1. The van der Waals surface area contributed by atoms with Gasteiger partial charge in [0.25, 0.3) is 0 Å². The number of hydrogen-bond donors (Lipinski definition) is 1. The lowest BCUT2D eigenvalue weighted by atomic mass is 9.99. The molecule has 0 aliphatic carbocycles. The SMILES string of the molecule is CCC(N)Cc1ccc(N(CC)CC2CCCO2)cc1C. The highest BCUT2D eigenvalue weighted by Gasteiger charge is 2.19. The summed E-state index contributed by atoms with van der Waals surface area (Å²) in [5.74, 6) is 0. The molecular formula is C18H30N2O. The van der Waals surface area contributed by atoms with Crippen molar-refractivity contribution in [1.82, 2.24) is 0 Å². The van der Waals surface area contributed by atoms with Gasteiger partial charge in [0.05, 0.1) is 6.10 Å². The van der Waals surface area contributed by atoms with Crippen LogP contribution in [0.5, 0.6) is 0 Å². The fourth-order valence-corrected chi connectivity index (χ4v) is 2.98. The first-order chi connectivity index (χ1) is 10.1. The quantitative estimate of drug-likeness (QED) is 0.837. The molecular weight excluding hydrogens is 260 g/mol. The van der Waals surface area contributed by atoms with Crippen LogP contribution in [0.15, 0.2) is 18.2 Å². The second-order valence-electron chi connectivity index (χ2n) is 6.16. The summed E-state index contributed by atoms with van der Waals surface area (Å²) in [4.78, 5) is 2.42. The van der Waals surface area contributed by atoms with Crippen LogP contribution in [0.3, 0.4) is 0 Å². The van der Waals surface area contributed by atoms with Gasteiger partial charge in [-0.1, -0.05) is 13.0 Å². The third-order valence-electron chi connectivity index (χ3n) is 4.53. The van der Waals surface area contributed by atoms with Crippen LogP contribution in [0.2, 0.25) is 0 Å². The molecule has 2 unspecified atom stereocenters. The maximum absolute atomic E-state index is 6.08. The fourth-order valence-electron chi connectivity index (χ4n) is 2.98. The van der Waals surface area contributed by atoms with Gasteiger partial charge in [0.1, 0.15) is 0 Å². The van der Waals surface area contributed by atoms with Crippen molar-refractivity contribution in [2.75, 3.05) is 24.6 Å². The zero-order valence-corrected chi connectivity index (χ0v) is 13.8. The Kier molecular flexibility index (Phi) is 6.07. The van der Waals surface area contributed by atoms with Crippen LogP contribution in [0.25, 0.3) is 0 Å². The average molecular weight is 290 g/mol. The molecule has 0 radical (unpaired) electrons. The minimum Gasteiger partial charge on any atom is -0.376 e. The molecule has 0 amide bonds. The van der Waals surface area contributed by atoms with Crippen molar-refractivity contribution in [1.29, 1.82) is 0 Å². The maximum atomic E-state index is 6.08. The Balaban J connectivity index is 2.05. The van der Waals surface area contributed by atoms with E-state index in [2.05, 4.69) is 43.9 Å². The lowest BCUT2D eigenvalue weighted by molar-refractivity contribution is 0.115. The van der Waals surface area contributed by atoms with E-state index < -0.39 is 0 Å². The number of nitrogens with two attached hydrogens (primary N) is 1. The molecule has 3 nitrogen and oxygen atoms in total. The molecule has 1 aliphatic rings. The van der Waals surface area contributed by atoms with E-state index in [1.165, 1.54) is 29.7 Å². The minimum atomic E-state index is 0.267. The Morgan fingerprint density at radius 2 is 2.19 bits per heavy atom. The molecule has 0 bridgehead atoms. The number of aryl methyl sites for hydroxylation is 1. The first-order valence-corrected chi connectivity index (χ1v) is 8.35. The summed E-state index contributed by atoms with van der Waals surface area (Å²) in [6.07, 6.45) is 4.80. The lowest BCUT2D eigenvalue weighted by Crippen LogP contribution is -2.32. The summed E-state index contributed by atoms with van der Waals surface area (Å²) in [7, 11) is 0. The molecule has 1 aromatic carbocycles. The summed E-state index contributed by atoms with van der Waals surface area (Å²) < 4.78 is 5.77. The second-order valence-corrected chi connectivity index (χ2v) is 6.16. The molecule has 2 atom stereocenters. The van der Waals surface area contributed by atoms with Gasteiger partial charge in [0.2, 0.25) is 0 Å². The predicted octanol–water partition coefficient (Wildman–Crippen LogP) is 3.28. The molecule has 0 saturated carbocycles. The van der Waals surface area contributed by atoms with Crippen molar-refractivity contribution in [2.24, 2.45) is 5.73 Å². The van der Waals surface area contributed by atoms with Crippen molar-refractivity contribution in [3.63, 3.8) is 0 Å². The highest BCUT2D eigenvalue weighted by molar-refractivity contribution is 5.51. The van der Waals surface area contributed by atoms with Gasteiger partial charge in [-0.05, 0) is 62.8 Å². The van der Waals surface area contributed by atoms with Gasteiger partial charge in [-0.3, -0.25) is 0 Å². The Morgan fingerprint density at radius 3 is 2.76 bits per heavy atom. The van der Waals surface area contributed by atoms with E-state index >= 15 is 0 Å². The molecule has 0 aromatic heterocycles. The van der Waals surface area contributed by atoms with Crippen molar-refractivity contribution < 1.29 is 4.74 Å². The zero-order chi connectivity index (χ0) is 15.2. The molecule has 1 saturated heterocycles. The third-order valence-corrected chi connectivity index (χ3v) is 4.53. The lowest BCUT2D eigenvalue weighted by Gasteiger charge is -2.27. The van der Waals surface area contributed by atoms with E-state index in [1.54, 1.807) is 0 Å². The monoisotopic (exact) mass is 290 g/mol. The third kappa shape index (κ3) is 4.45. The molecule has 1 aromatic rings. The Labute approximate surface area is 129 Å². The largest absolute Gasteiger partial charge is 0.376 e. The highest BCUT2D eigenvalue weighted by atomic mass is 16.5. The topological polar surface area (TPSA) is 38.5 Å². The molecule has 1 heterocycles. The molecule has 1 aliphatic heterocycles. The molecule has 21 heavy (non-hydrogen) atoms. The summed E-state index contributed by atoms with van der Waals surface area (Å²) in [5.41, 5.74) is 10.1. The van der Waals surface area contributed by atoms with Gasteiger partial charge >= 0.3 is 0 Å². The van der Waals surface area contributed by atoms with Crippen molar-refractivity contribution in [3.8, 4) is 0 Å². The highest BCUT2D eigenvalue weighted by Crippen LogP contribution is 2.23. The van der Waals surface area contributed by atoms with Crippen LogP contribution >= 0.6 is 0 Å². The van der Waals surface area contributed by atoms with Gasteiger partial charge in [-0.15, -0.1) is 0 Å². The number of benzene rings is 1. The van der Waals surface area contributed by atoms with Gasteiger partial charge in [-0.25, -0.2) is 0 Å². The number of hydrogen-bond acceptors (Lipinski definition) is 3. The van der Waals surface area contributed by atoms with E-state index in [9.17, 15) is 0 Å². The summed E-state index contributed by atoms with van der Waals surface area (Å²) in [6.45, 7) is 9.51. The summed E-state index contributed by atoms with van der Waals surface area (Å²) in [5, 5.41) is 0. The van der Waals surface area contributed by atoms with Crippen molar-refractivity contribution in [3.05, 3.63) is 29.3 Å². The number of nitrogens with zero attached hydrogens (tertiary/aromatic N) is 1. The minimum absolute atomic E-state index is 0.267. The Hall–Kier alpha value is -1.06. The van der Waals surface area contributed by atoms with E-state index in [0.717, 1.165) is 32.5 Å². The van der Waals surface area contributed by atoms with Crippen molar-refractivity contribution in [2.45, 2.75) is 58.6 Å². The van der Waals surface area contributed by atoms with Crippen LogP contribution in [-0.2, 0) is 11.2 Å². The Morgan fingerprint density at radius 1 is 1.38 bits per heavy atom. The smallest absolute Gasteiger partial charge is 0.0750 e. The van der Waals surface area contributed by atoms with Crippen LogP contribution < -0.4 is 10.6 Å². The van der Waals surface area contributed by atoms with E-state index in [1.807, 2.05) is 0 Å². The summed E-state index contributed by atoms with van der Waals surface area (Å²) >= 11 is 0. The first-order valence-electron chi connectivity index (χ1n) is 8.35. The van der Waals surface area contributed by atoms with Crippen molar-refractivity contribution >= 4 is 5.69 Å². The zero-order valence-electron chi connectivity index (χ0n) is 13.8. The number of rotatable bonds is 7.